The Morgan fingerprint density at radius 3 is 2.57 bits per heavy atom. The number of imidazole rings is 1. The zero-order valence-corrected chi connectivity index (χ0v) is 15.3. The van der Waals surface area contributed by atoms with Crippen LogP contribution < -0.4 is 5.32 Å². The number of carbonyl (C=O) groups is 1. The summed E-state index contributed by atoms with van der Waals surface area (Å²) in [4.78, 5) is 21.2. The molecule has 0 bridgehead atoms. The molecule has 2 aromatic heterocycles. The average Bonchev–Trinajstić information content (AvgIpc) is 3.21. The molecule has 0 aliphatic heterocycles. The lowest BCUT2D eigenvalue weighted by atomic mass is 10.2. The first kappa shape index (κ1) is 18.2. The molecule has 0 spiro atoms. The number of rotatable bonds is 4. The van der Waals surface area contributed by atoms with E-state index in [0.717, 1.165) is 15.9 Å². The summed E-state index contributed by atoms with van der Waals surface area (Å²) >= 11 is 1.01. The van der Waals surface area contributed by atoms with Crippen molar-refractivity contribution in [3.63, 3.8) is 0 Å². The minimum Gasteiger partial charge on any atom is -0.298 e. The molecule has 5 nitrogen and oxygen atoms in total. The van der Waals surface area contributed by atoms with Gasteiger partial charge in [-0.3, -0.25) is 14.7 Å². The van der Waals surface area contributed by atoms with E-state index < -0.39 is 18.3 Å². The van der Waals surface area contributed by atoms with E-state index in [0.29, 0.717) is 21.6 Å². The molecule has 0 saturated heterocycles. The van der Waals surface area contributed by atoms with E-state index in [9.17, 15) is 18.0 Å². The fourth-order valence-electron chi connectivity index (χ4n) is 2.87. The number of hydrogen-bond acceptors (Lipinski definition) is 4. The van der Waals surface area contributed by atoms with E-state index in [1.165, 1.54) is 18.2 Å². The van der Waals surface area contributed by atoms with Gasteiger partial charge in [-0.25, -0.2) is 14.4 Å². The number of alkyl halides is 2. The molecule has 1 N–H and O–H groups in total. The first-order valence-corrected chi connectivity index (χ1v) is 9.06. The Labute approximate surface area is 161 Å². The molecule has 0 aliphatic rings. The number of fused-ring (bicyclic) bond motifs is 1. The van der Waals surface area contributed by atoms with Gasteiger partial charge in [0.1, 0.15) is 5.82 Å². The molecule has 0 atom stereocenters. The first-order chi connectivity index (χ1) is 13.5. The quantitative estimate of drug-likeness (QED) is 0.507. The molecule has 0 radical (unpaired) electrons. The Kier molecular flexibility index (Phi) is 4.60. The van der Waals surface area contributed by atoms with Crippen molar-refractivity contribution in [3.8, 4) is 10.7 Å². The van der Waals surface area contributed by atoms with Crippen molar-refractivity contribution in [3.05, 3.63) is 65.6 Å². The SMILES string of the molecule is Cc1nc(NC(=O)c2ccccc2F)sc1-c1nc2ccccc2n1C(F)F. The maximum atomic E-state index is 13.8. The molecular formula is C19H13F3N4OS. The summed E-state index contributed by atoms with van der Waals surface area (Å²) in [6, 6.07) is 12.1. The topological polar surface area (TPSA) is 59.8 Å². The minimum atomic E-state index is -2.79. The Morgan fingerprint density at radius 2 is 1.82 bits per heavy atom. The van der Waals surface area contributed by atoms with Crippen molar-refractivity contribution in [2.24, 2.45) is 0 Å². The Hall–Kier alpha value is -3.20. The Morgan fingerprint density at radius 1 is 1.11 bits per heavy atom. The zero-order chi connectivity index (χ0) is 19.8. The van der Waals surface area contributed by atoms with E-state index >= 15 is 0 Å². The van der Waals surface area contributed by atoms with E-state index in [1.807, 2.05) is 0 Å². The number of benzene rings is 2. The van der Waals surface area contributed by atoms with Crippen LogP contribution in [0.2, 0.25) is 0 Å². The summed E-state index contributed by atoms with van der Waals surface area (Å²) in [5.41, 5.74) is 1.04. The number of para-hydroxylation sites is 2. The molecule has 4 aromatic rings. The number of amides is 1. The molecule has 142 valence electrons. The number of hydrogen-bond donors (Lipinski definition) is 1. The van der Waals surface area contributed by atoms with Crippen LogP contribution in [0.15, 0.2) is 48.5 Å². The number of aryl methyl sites for hydroxylation is 1. The highest BCUT2D eigenvalue weighted by Gasteiger charge is 2.23. The van der Waals surface area contributed by atoms with Gasteiger partial charge in [-0.2, -0.15) is 8.78 Å². The molecule has 0 unspecified atom stereocenters. The Bertz CT molecular complexity index is 1190. The zero-order valence-electron chi connectivity index (χ0n) is 14.5. The van der Waals surface area contributed by atoms with Gasteiger partial charge in [0, 0.05) is 0 Å². The molecule has 0 aliphatic carbocycles. The smallest absolute Gasteiger partial charge is 0.298 e. The molecule has 0 fully saturated rings. The number of carbonyl (C=O) groups excluding carboxylic acids is 1. The largest absolute Gasteiger partial charge is 0.320 e. The number of nitrogens with one attached hydrogen (secondary N) is 1. The second kappa shape index (κ2) is 7.08. The highest BCUT2D eigenvalue weighted by molar-refractivity contribution is 7.19. The molecule has 1 amide bonds. The van der Waals surface area contributed by atoms with Crippen LogP contribution in [-0.2, 0) is 0 Å². The normalized spacial score (nSPS) is 11.3. The van der Waals surface area contributed by atoms with Crippen molar-refractivity contribution in [1.82, 2.24) is 14.5 Å². The van der Waals surface area contributed by atoms with Crippen molar-refractivity contribution in [2.75, 3.05) is 5.32 Å². The van der Waals surface area contributed by atoms with Crippen LogP contribution in [0.1, 0.15) is 22.6 Å². The van der Waals surface area contributed by atoms with Gasteiger partial charge in [0.05, 0.1) is 27.2 Å². The summed E-state index contributed by atoms with van der Waals surface area (Å²) in [6.07, 6.45) is 0. The van der Waals surface area contributed by atoms with Crippen molar-refractivity contribution >= 4 is 33.4 Å². The third-order valence-corrected chi connectivity index (χ3v) is 5.20. The summed E-state index contributed by atoms with van der Waals surface area (Å²) < 4.78 is 42.0. The van der Waals surface area contributed by atoms with E-state index in [4.69, 9.17) is 0 Å². The predicted octanol–water partition coefficient (Wildman–Crippen LogP) is 5.25. The molecule has 28 heavy (non-hydrogen) atoms. The van der Waals surface area contributed by atoms with Crippen LogP contribution in [0.3, 0.4) is 0 Å². The minimum absolute atomic E-state index is 0.0672. The van der Waals surface area contributed by atoms with Crippen molar-refractivity contribution in [2.45, 2.75) is 13.5 Å². The fraction of sp³-hybridized carbons (Fsp3) is 0.105. The third kappa shape index (κ3) is 3.13. The molecular weight excluding hydrogens is 389 g/mol. The van der Waals surface area contributed by atoms with Crippen LogP contribution in [0.4, 0.5) is 18.3 Å². The van der Waals surface area contributed by atoms with Crippen molar-refractivity contribution in [1.29, 1.82) is 0 Å². The first-order valence-electron chi connectivity index (χ1n) is 8.24. The lowest BCUT2D eigenvalue weighted by Gasteiger charge is -2.06. The second-order valence-corrected chi connectivity index (χ2v) is 6.94. The number of anilines is 1. The summed E-state index contributed by atoms with van der Waals surface area (Å²) in [7, 11) is 0. The van der Waals surface area contributed by atoms with Crippen LogP contribution >= 0.6 is 11.3 Å². The van der Waals surface area contributed by atoms with Crippen molar-refractivity contribution < 1.29 is 18.0 Å². The lowest BCUT2D eigenvalue weighted by Crippen LogP contribution is -2.13. The standard InChI is InChI=1S/C19H13F3N4OS/c1-10-15(16-24-13-8-4-5-9-14(13)26(16)18(21)22)28-19(23-10)25-17(27)11-6-2-3-7-12(11)20/h2-9,18H,1H3,(H,23,25,27). The highest BCUT2D eigenvalue weighted by Crippen LogP contribution is 2.36. The summed E-state index contributed by atoms with van der Waals surface area (Å²) in [5, 5.41) is 2.69. The van der Waals surface area contributed by atoms with Gasteiger partial charge in [0.2, 0.25) is 0 Å². The van der Waals surface area contributed by atoms with Gasteiger partial charge < -0.3 is 0 Å². The van der Waals surface area contributed by atoms with Crippen LogP contribution in [0.25, 0.3) is 21.7 Å². The maximum Gasteiger partial charge on any atom is 0.320 e. The van der Waals surface area contributed by atoms with E-state index in [1.54, 1.807) is 37.3 Å². The van der Waals surface area contributed by atoms with Gasteiger partial charge in [-0.1, -0.05) is 35.6 Å². The summed E-state index contributed by atoms with van der Waals surface area (Å²) in [6.45, 7) is -1.15. The fourth-order valence-corrected chi connectivity index (χ4v) is 3.82. The number of aromatic nitrogens is 3. The third-order valence-electron chi connectivity index (χ3n) is 4.13. The van der Waals surface area contributed by atoms with Gasteiger partial charge in [-0.15, -0.1) is 0 Å². The Balaban J connectivity index is 1.73. The van der Waals surface area contributed by atoms with Crippen LogP contribution in [0.5, 0.6) is 0 Å². The molecule has 4 rings (SSSR count). The number of halogens is 3. The average molecular weight is 402 g/mol. The second-order valence-electron chi connectivity index (χ2n) is 5.94. The molecule has 9 heteroatoms. The molecule has 0 saturated carbocycles. The van der Waals surface area contributed by atoms with Gasteiger partial charge in [-0.05, 0) is 31.2 Å². The lowest BCUT2D eigenvalue weighted by molar-refractivity contribution is 0.0764. The van der Waals surface area contributed by atoms with Crippen LogP contribution in [-0.4, -0.2) is 20.4 Å². The van der Waals surface area contributed by atoms with Gasteiger partial charge in [0.15, 0.2) is 11.0 Å². The van der Waals surface area contributed by atoms with Crippen LogP contribution in [0, 0.1) is 12.7 Å². The summed E-state index contributed by atoms with van der Waals surface area (Å²) in [5.74, 6) is -1.26. The monoisotopic (exact) mass is 402 g/mol. The highest BCUT2D eigenvalue weighted by atomic mass is 32.1. The molecule has 2 aromatic carbocycles. The van der Waals surface area contributed by atoms with E-state index in [2.05, 4.69) is 15.3 Å². The van der Waals surface area contributed by atoms with Gasteiger partial charge >= 0.3 is 6.55 Å². The van der Waals surface area contributed by atoms with E-state index in [-0.39, 0.29) is 16.5 Å². The number of nitrogens with zero attached hydrogens (tertiary/aromatic N) is 3. The molecule has 2 heterocycles. The predicted molar refractivity (Wildman–Crippen MR) is 101 cm³/mol. The van der Waals surface area contributed by atoms with Gasteiger partial charge in [0.25, 0.3) is 5.91 Å². The number of thiazole rings is 1. The maximum absolute atomic E-state index is 13.8.